The molecule has 0 radical (unpaired) electrons. The number of thiophene rings is 1. The number of carbonyl (C=O) groups excluding carboxylic acids is 1. The highest BCUT2D eigenvalue weighted by Crippen LogP contribution is 2.23. The number of likely N-dealkylation sites (N-methyl/N-ethyl adjacent to an activating group) is 1. The molecule has 1 aromatic heterocycles. The number of hydrogen-bond acceptors (Lipinski definition) is 3. The summed E-state index contributed by atoms with van der Waals surface area (Å²) in [5.41, 5.74) is 6.29. The molecule has 1 fully saturated rings. The number of nitrogens with zero attached hydrogens (tertiary/aromatic N) is 1. The van der Waals surface area contributed by atoms with E-state index in [1.807, 2.05) is 4.90 Å². The lowest BCUT2D eigenvalue weighted by molar-refractivity contribution is -0.136. The molecular formula is C17H29ClN2OS. The van der Waals surface area contributed by atoms with Gasteiger partial charge >= 0.3 is 0 Å². The third kappa shape index (κ3) is 5.56. The van der Waals surface area contributed by atoms with Crippen molar-refractivity contribution in [1.82, 2.24) is 4.90 Å². The summed E-state index contributed by atoms with van der Waals surface area (Å²) in [6.45, 7) is 3.67. The summed E-state index contributed by atoms with van der Waals surface area (Å²) in [5.74, 6) is 0.317. The van der Waals surface area contributed by atoms with Crippen LogP contribution in [-0.2, 0) is 11.2 Å². The van der Waals surface area contributed by atoms with E-state index < -0.39 is 0 Å². The predicted molar refractivity (Wildman–Crippen MR) is 96.7 cm³/mol. The molecule has 126 valence electrons. The van der Waals surface area contributed by atoms with Gasteiger partial charge in [0.2, 0.25) is 5.91 Å². The van der Waals surface area contributed by atoms with Crippen LogP contribution in [-0.4, -0.2) is 29.9 Å². The molecule has 2 unspecified atom stereocenters. The fourth-order valence-electron chi connectivity index (χ4n) is 3.18. The predicted octanol–water partition coefficient (Wildman–Crippen LogP) is 3.86. The molecule has 0 aliphatic heterocycles. The second-order valence-electron chi connectivity index (χ2n) is 6.01. The molecule has 2 N–H and O–H groups in total. The highest BCUT2D eigenvalue weighted by molar-refractivity contribution is 7.09. The largest absolute Gasteiger partial charge is 0.342 e. The summed E-state index contributed by atoms with van der Waals surface area (Å²) in [5, 5.41) is 2.10. The first-order chi connectivity index (χ1) is 10.2. The lowest BCUT2D eigenvalue weighted by Crippen LogP contribution is -2.45. The van der Waals surface area contributed by atoms with Gasteiger partial charge in [0.25, 0.3) is 0 Å². The first-order valence-corrected chi connectivity index (χ1v) is 9.17. The molecule has 0 bridgehead atoms. The molecule has 1 amide bonds. The van der Waals surface area contributed by atoms with Gasteiger partial charge in [-0.25, -0.2) is 0 Å². The number of carbonyl (C=O) groups is 1. The zero-order valence-electron chi connectivity index (χ0n) is 13.5. The maximum atomic E-state index is 12.8. The molecular weight excluding hydrogens is 316 g/mol. The van der Waals surface area contributed by atoms with Gasteiger partial charge in [-0.3, -0.25) is 4.79 Å². The second kappa shape index (κ2) is 10.2. The maximum absolute atomic E-state index is 12.8. The molecule has 1 aliphatic rings. The van der Waals surface area contributed by atoms with Crippen molar-refractivity contribution in [3.05, 3.63) is 22.4 Å². The Kier molecular flexibility index (Phi) is 9.06. The average Bonchev–Trinajstić information content (AvgIpc) is 2.97. The standard InChI is InChI=1S/C17H28N2OS.ClH/c1-2-19(12-11-14-8-7-13-21-14)17(20)15-9-5-3-4-6-10-16(15)18;/h7-8,13,15-16H,2-6,9-12,18H2,1H3;1H. The minimum absolute atomic E-state index is 0. The van der Waals surface area contributed by atoms with E-state index >= 15 is 0 Å². The third-order valence-electron chi connectivity index (χ3n) is 4.54. The summed E-state index contributed by atoms with van der Waals surface area (Å²) < 4.78 is 0. The molecule has 1 saturated carbocycles. The van der Waals surface area contributed by atoms with Crippen molar-refractivity contribution >= 4 is 29.7 Å². The topological polar surface area (TPSA) is 46.3 Å². The summed E-state index contributed by atoms with van der Waals surface area (Å²) in [6, 6.07) is 4.27. The molecule has 2 atom stereocenters. The van der Waals surface area contributed by atoms with E-state index in [9.17, 15) is 4.79 Å². The van der Waals surface area contributed by atoms with Gasteiger partial charge < -0.3 is 10.6 Å². The van der Waals surface area contributed by atoms with Crippen molar-refractivity contribution in [3.8, 4) is 0 Å². The lowest BCUT2D eigenvalue weighted by atomic mass is 9.86. The molecule has 0 saturated heterocycles. The zero-order valence-corrected chi connectivity index (χ0v) is 15.1. The Labute approximate surface area is 144 Å². The van der Waals surface area contributed by atoms with Crippen LogP contribution >= 0.6 is 23.7 Å². The van der Waals surface area contributed by atoms with E-state index in [4.69, 9.17) is 5.73 Å². The van der Waals surface area contributed by atoms with Gasteiger partial charge in [0, 0.05) is 24.0 Å². The quantitative estimate of drug-likeness (QED) is 0.881. The second-order valence-corrected chi connectivity index (χ2v) is 7.04. The molecule has 1 heterocycles. The average molecular weight is 345 g/mol. The maximum Gasteiger partial charge on any atom is 0.227 e. The van der Waals surface area contributed by atoms with E-state index in [0.29, 0.717) is 0 Å². The van der Waals surface area contributed by atoms with Crippen molar-refractivity contribution in [2.24, 2.45) is 11.7 Å². The first kappa shape index (κ1) is 19.5. The number of nitrogens with two attached hydrogens (primary N) is 1. The molecule has 1 aromatic rings. The smallest absolute Gasteiger partial charge is 0.227 e. The van der Waals surface area contributed by atoms with Crippen LogP contribution in [0.5, 0.6) is 0 Å². The Morgan fingerprint density at radius 3 is 2.68 bits per heavy atom. The van der Waals surface area contributed by atoms with Gasteiger partial charge in [0.15, 0.2) is 0 Å². The monoisotopic (exact) mass is 344 g/mol. The fraction of sp³-hybridized carbons (Fsp3) is 0.706. The van der Waals surface area contributed by atoms with Gasteiger partial charge in [0.05, 0.1) is 5.92 Å². The van der Waals surface area contributed by atoms with Crippen molar-refractivity contribution in [3.63, 3.8) is 0 Å². The number of rotatable bonds is 5. The van der Waals surface area contributed by atoms with Gasteiger partial charge in [-0.15, -0.1) is 23.7 Å². The summed E-state index contributed by atoms with van der Waals surface area (Å²) in [6.07, 6.45) is 7.76. The first-order valence-electron chi connectivity index (χ1n) is 8.29. The molecule has 5 heteroatoms. The normalized spacial score (nSPS) is 22.3. The van der Waals surface area contributed by atoms with Crippen LogP contribution in [0.4, 0.5) is 0 Å². The lowest BCUT2D eigenvalue weighted by Gasteiger charge is -2.31. The van der Waals surface area contributed by atoms with E-state index in [1.165, 1.54) is 24.1 Å². The van der Waals surface area contributed by atoms with Crippen LogP contribution in [0.25, 0.3) is 0 Å². The minimum atomic E-state index is 0. The van der Waals surface area contributed by atoms with Gasteiger partial charge in [-0.05, 0) is 37.6 Å². The molecule has 22 heavy (non-hydrogen) atoms. The molecule has 0 aromatic carbocycles. The van der Waals surface area contributed by atoms with E-state index in [2.05, 4.69) is 24.4 Å². The molecule has 2 rings (SSSR count). The SMILES string of the molecule is CCN(CCc1cccs1)C(=O)C1CCCCCCC1N.Cl. The van der Waals surface area contributed by atoms with E-state index in [1.54, 1.807) is 11.3 Å². The van der Waals surface area contributed by atoms with Crippen LogP contribution in [0.15, 0.2) is 17.5 Å². The number of amides is 1. The zero-order chi connectivity index (χ0) is 15.1. The Hall–Kier alpha value is -0.580. The van der Waals surface area contributed by atoms with E-state index in [-0.39, 0.29) is 30.3 Å². The van der Waals surface area contributed by atoms with Crippen LogP contribution < -0.4 is 5.73 Å². The third-order valence-corrected chi connectivity index (χ3v) is 5.47. The van der Waals surface area contributed by atoms with E-state index in [0.717, 1.165) is 38.8 Å². The fourth-order valence-corrected chi connectivity index (χ4v) is 3.88. The Bertz CT molecular complexity index is 424. The van der Waals surface area contributed by atoms with Crippen LogP contribution in [0.3, 0.4) is 0 Å². The van der Waals surface area contributed by atoms with Gasteiger partial charge in [0.1, 0.15) is 0 Å². The Balaban J connectivity index is 0.00000242. The highest BCUT2D eigenvalue weighted by atomic mass is 35.5. The Morgan fingerprint density at radius 1 is 1.32 bits per heavy atom. The summed E-state index contributed by atoms with van der Waals surface area (Å²) in [4.78, 5) is 16.2. The minimum Gasteiger partial charge on any atom is -0.342 e. The van der Waals surface area contributed by atoms with Crippen LogP contribution in [0.2, 0.25) is 0 Å². The number of hydrogen-bond donors (Lipinski definition) is 1. The van der Waals surface area contributed by atoms with Crippen molar-refractivity contribution < 1.29 is 4.79 Å². The van der Waals surface area contributed by atoms with Crippen LogP contribution in [0.1, 0.15) is 50.3 Å². The van der Waals surface area contributed by atoms with Gasteiger partial charge in [-0.2, -0.15) is 0 Å². The molecule has 0 spiro atoms. The summed E-state index contributed by atoms with van der Waals surface area (Å²) in [7, 11) is 0. The Morgan fingerprint density at radius 2 is 2.05 bits per heavy atom. The highest BCUT2D eigenvalue weighted by Gasteiger charge is 2.29. The summed E-state index contributed by atoms with van der Waals surface area (Å²) >= 11 is 1.77. The van der Waals surface area contributed by atoms with Crippen molar-refractivity contribution in [1.29, 1.82) is 0 Å². The van der Waals surface area contributed by atoms with Crippen LogP contribution in [0, 0.1) is 5.92 Å². The number of halogens is 1. The van der Waals surface area contributed by atoms with Gasteiger partial charge in [-0.1, -0.05) is 31.7 Å². The van der Waals surface area contributed by atoms with Crippen molar-refractivity contribution in [2.75, 3.05) is 13.1 Å². The molecule has 3 nitrogen and oxygen atoms in total. The molecule has 1 aliphatic carbocycles. The van der Waals surface area contributed by atoms with Crippen molar-refractivity contribution in [2.45, 2.75) is 57.9 Å².